The fourth-order valence-corrected chi connectivity index (χ4v) is 3.15. The SMILES string of the molecule is CCCC(CBr)c1c(C)c(C)cc(C)c1C. The molecule has 0 aromatic heterocycles. The van der Waals surface area contributed by atoms with Crippen LogP contribution in [0.3, 0.4) is 0 Å². The molecular weight excluding hydrogens is 260 g/mol. The summed E-state index contributed by atoms with van der Waals surface area (Å²) in [5.74, 6) is 0.670. The van der Waals surface area contributed by atoms with Crippen molar-refractivity contribution in [2.24, 2.45) is 0 Å². The molecule has 0 fully saturated rings. The Morgan fingerprint density at radius 3 is 1.94 bits per heavy atom. The molecule has 1 heteroatoms. The van der Waals surface area contributed by atoms with Gasteiger partial charge in [0.15, 0.2) is 0 Å². The van der Waals surface area contributed by atoms with Gasteiger partial charge in [-0.25, -0.2) is 0 Å². The first-order valence-electron chi connectivity index (χ1n) is 6.16. The highest BCUT2D eigenvalue weighted by atomic mass is 79.9. The molecular formula is C15H23Br. The average molecular weight is 283 g/mol. The Balaban J connectivity index is 3.29. The second-order valence-corrected chi connectivity index (χ2v) is 5.46. The molecule has 90 valence electrons. The lowest BCUT2D eigenvalue weighted by molar-refractivity contribution is 0.667. The Bertz CT molecular complexity index is 340. The molecule has 0 N–H and O–H groups in total. The van der Waals surface area contributed by atoms with Crippen molar-refractivity contribution in [1.82, 2.24) is 0 Å². The van der Waals surface area contributed by atoms with E-state index in [1.165, 1.54) is 35.1 Å². The molecule has 0 radical (unpaired) electrons. The van der Waals surface area contributed by atoms with Crippen LogP contribution in [-0.4, -0.2) is 5.33 Å². The smallest absolute Gasteiger partial charge is 0.0100 e. The molecule has 1 rings (SSSR count). The molecule has 0 aliphatic heterocycles. The van der Waals surface area contributed by atoms with E-state index in [1.54, 1.807) is 5.56 Å². The molecule has 0 bridgehead atoms. The van der Waals surface area contributed by atoms with Gasteiger partial charge in [-0.2, -0.15) is 0 Å². The third-order valence-corrected chi connectivity index (χ3v) is 4.44. The van der Waals surface area contributed by atoms with E-state index < -0.39 is 0 Å². The van der Waals surface area contributed by atoms with Crippen LogP contribution < -0.4 is 0 Å². The van der Waals surface area contributed by atoms with E-state index in [4.69, 9.17) is 0 Å². The van der Waals surface area contributed by atoms with Crippen molar-refractivity contribution in [2.45, 2.75) is 53.4 Å². The van der Waals surface area contributed by atoms with E-state index >= 15 is 0 Å². The molecule has 0 spiro atoms. The highest BCUT2D eigenvalue weighted by Gasteiger charge is 2.16. The Kier molecular flexibility index (Phi) is 5.04. The second-order valence-electron chi connectivity index (χ2n) is 4.81. The minimum Gasteiger partial charge on any atom is -0.0921 e. The summed E-state index contributed by atoms with van der Waals surface area (Å²) in [5, 5.41) is 1.07. The number of alkyl halides is 1. The molecule has 1 atom stereocenters. The lowest BCUT2D eigenvalue weighted by Crippen LogP contribution is -2.07. The van der Waals surface area contributed by atoms with Gasteiger partial charge in [0.25, 0.3) is 0 Å². The van der Waals surface area contributed by atoms with Gasteiger partial charge in [0.2, 0.25) is 0 Å². The van der Waals surface area contributed by atoms with E-state index in [9.17, 15) is 0 Å². The number of halogens is 1. The monoisotopic (exact) mass is 282 g/mol. The lowest BCUT2D eigenvalue weighted by atomic mass is 9.85. The van der Waals surface area contributed by atoms with E-state index in [0.717, 1.165) is 5.33 Å². The third kappa shape index (κ3) is 2.68. The number of rotatable bonds is 4. The Hall–Kier alpha value is -0.300. The van der Waals surface area contributed by atoms with Gasteiger partial charge < -0.3 is 0 Å². The van der Waals surface area contributed by atoms with Gasteiger partial charge in [-0.05, 0) is 67.9 Å². The van der Waals surface area contributed by atoms with Gasteiger partial charge in [-0.3, -0.25) is 0 Å². The topological polar surface area (TPSA) is 0 Å². The van der Waals surface area contributed by atoms with Gasteiger partial charge in [0.05, 0.1) is 0 Å². The summed E-state index contributed by atoms with van der Waals surface area (Å²) in [4.78, 5) is 0. The summed E-state index contributed by atoms with van der Waals surface area (Å²) >= 11 is 3.67. The first-order chi connectivity index (χ1) is 7.52. The van der Waals surface area contributed by atoms with Gasteiger partial charge in [0.1, 0.15) is 0 Å². The van der Waals surface area contributed by atoms with Crippen LogP contribution in [0.1, 0.15) is 53.5 Å². The van der Waals surface area contributed by atoms with Crippen LogP contribution in [0.4, 0.5) is 0 Å². The molecule has 0 aliphatic carbocycles. The number of benzene rings is 1. The van der Waals surface area contributed by atoms with Crippen molar-refractivity contribution in [3.63, 3.8) is 0 Å². The van der Waals surface area contributed by atoms with E-state index in [1.807, 2.05) is 0 Å². The molecule has 0 aliphatic rings. The van der Waals surface area contributed by atoms with Crippen LogP contribution in [0.5, 0.6) is 0 Å². The maximum absolute atomic E-state index is 3.67. The van der Waals surface area contributed by atoms with E-state index in [0.29, 0.717) is 5.92 Å². The quantitative estimate of drug-likeness (QED) is 0.666. The van der Waals surface area contributed by atoms with Crippen molar-refractivity contribution in [3.05, 3.63) is 33.9 Å². The van der Waals surface area contributed by atoms with Crippen molar-refractivity contribution in [2.75, 3.05) is 5.33 Å². The van der Waals surface area contributed by atoms with Crippen molar-refractivity contribution >= 4 is 15.9 Å². The summed E-state index contributed by atoms with van der Waals surface area (Å²) in [6.07, 6.45) is 2.53. The van der Waals surface area contributed by atoms with Crippen LogP contribution in [0.25, 0.3) is 0 Å². The minimum atomic E-state index is 0.670. The Morgan fingerprint density at radius 1 is 1.06 bits per heavy atom. The summed E-state index contributed by atoms with van der Waals surface area (Å²) in [6, 6.07) is 2.31. The molecule has 1 aromatic rings. The molecule has 16 heavy (non-hydrogen) atoms. The maximum Gasteiger partial charge on any atom is 0.0100 e. The minimum absolute atomic E-state index is 0.670. The predicted octanol–water partition coefficient (Wildman–Crippen LogP) is 5.20. The number of hydrogen-bond donors (Lipinski definition) is 0. The fraction of sp³-hybridized carbons (Fsp3) is 0.600. The van der Waals surface area contributed by atoms with Crippen LogP contribution in [-0.2, 0) is 0 Å². The van der Waals surface area contributed by atoms with Crippen molar-refractivity contribution < 1.29 is 0 Å². The number of aryl methyl sites for hydroxylation is 2. The second kappa shape index (κ2) is 5.86. The van der Waals surface area contributed by atoms with Crippen LogP contribution in [0, 0.1) is 27.7 Å². The van der Waals surface area contributed by atoms with Crippen LogP contribution in [0.15, 0.2) is 6.07 Å². The molecule has 1 unspecified atom stereocenters. The van der Waals surface area contributed by atoms with E-state index in [-0.39, 0.29) is 0 Å². The van der Waals surface area contributed by atoms with E-state index in [2.05, 4.69) is 56.6 Å². The summed E-state index contributed by atoms with van der Waals surface area (Å²) in [5.41, 5.74) is 7.42. The first kappa shape index (κ1) is 13.8. The standard InChI is InChI=1S/C15H23Br/c1-6-7-14(9-16)15-12(4)10(2)8-11(3)13(15)5/h8,14H,6-7,9H2,1-5H3. The van der Waals surface area contributed by atoms with Crippen LogP contribution in [0.2, 0.25) is 0 Å². The van der Waals surface area contributed by atoms with Gasteiger partial charge in [0, 0.05) is 5.33 Å². The third-order valence-electron chi connectivity index (χ3n) is 3.66. The normalized spacial score (nSPS) is 12.9. The fourth-order valence-electron chi connectivity index (χ4n) is 2.51. The molecule has 0 nitrogen and oxygen atoms in total. The Labute approximate surface area is 109 Å². The lowest BCUT2D eigenvalue weighted by Gasteiger charge is -2.22. The molecule has 0 heterocycles. The van der Waals surface area contributed by atoms with Crippen molar-refractivity contribution in [3.8, 4) is 0 Å². The van der Waals surface area contributed by atoms with Crippen LogP contribution >= 0.6 is 15.9 Å². The first-order valence-corrected chi connectivity index (χ1v) is 7.28. The molecule has 0 saturated heterocycles. The Morgan fingerprint density at radius 2 is 1.56 bits per heavy atom. The zero-order valence-electron chi connectivity index (χ0n) is 11.2. The average Bonchev–Trinajstić information content (AvgIpc) is 2.25. The highest BCUT2D eigenvalue weighted by Crippen LogP contribution is 2.32. The molecule has 1 aromatic carbocycles. The highest BCUT2D eigenvalue weighted by molar-refractivity contribution is 9.09. The predicted molar refractivity (Wildman–Crippen MR) is 76.8 cm³/mol. The van der Waals surface area contributed by atoms with Gasteiger partial charge >= 0.3 is 0 Å². The van der Waals surface area contributed by atoms with Gasteiger partial charge in [-0.1, -0.05) is 35.3 Å². The zero-order valence-corrected chi connectivity index (χ0v) is 12.7. The zero-order chi connectivity index (χ0) is 12.3. The molecule has 0 amide bonds. The van der Waals surface area contributed by atoms with Gasteiger partial charge in [-0.15, -0.1) is 0 Å². The largest absolute Gasteiger partial charge is 0.0921 e. The molecule has 0 saturated carbocycles. The number of hydrogen-bond acceptors (Lipinski definition) is 0. The summed E-state index contributed by atoms with van der Waals surface area (Å²) in [7, 11) is 0. The summed E-state index contributed by atoms with van der Waals surface area (Å²) < 4.78 is 0. The summed E-state index contributed by atoms with van der Waals surface area (Å²) in [6.45, 7) is 11.2. The van der Waals surface area contributed by atoms with Crippen molar-refractivity contribution in [1.29, 1.82) is 0 Å². The maximum atomic E-state index is 3.67.